The number of rotatable bonds is 3. The fourth-order valence-corrected chi connectivity index (χ4v) is 3.76. The molecule has 0 radical (unpaired) electrons. The molecule has 0 aliphatic carbocycles. The van der Waals surface area contributed by atoms with Crippen molar-refractivity contribution in [3.05, 3.63) is 66.1 Å². The first kappa shape index (κ1) is 14.9. The van der Waals surface area contributed by atoms with E-state index in [1.807, 2.05) is 43.3 Å². The molecule has 0 N–H and O–H groups in total. The van der Waals surface area contributed by atoms with Crippen molar-refractivity contribution in [2.24, 2.45) is 0 Å². The lowest BCUT2D eigenvalue weighted by Gasteiger charge is -2.17. The minimum Gasteiger partial charge on any atom is -0.588 e. The Morgan fingerprint density at radius 3 is 2.79 bits per heavy atom. The van der Waals surface area contributed by atoms with E-state index in [0.717, 1.165) is 16.2 Å². The van der Waals surface area contributed by atoms with Gasteiger partial charge in [0, 0.05) is 23.5 Å². The number of aryl methyl sites for hydroxylation is 1. The topological polar surface area (TPSA) is 74.2 Å². The molecule has 1 unspecified atom stereocenters. The smallest absolute Gasteiger partial charge is 0.324 e. The van der Waals surface area contributed by atoms with E-state index in [4.69, 9.17) is 4.74 Å². The number of benzene rings is 1. The molecule has 4 rings (SSSR count). The number of hydrogen-bond acceptors (Lipinski definition) is 6. The fourth-order valence-electron chi connectivity index (χ4n) is 2.44. The zero-order chi connectivity index (χ0) is 16.5. The predicted molar refractivity (Wildman–Crippen MR) is 90.1 cm³/mol. The normalized spacial score (nSPS) is 16.1. The van der Waals surface area contributed by atoms with Crippen molar-refractivity contribution in [2.75, 3.05) is 4.31 Å². The van der Waals surface area contributed by atoms with Gasteiger partial charge in [0.15, 0.2) is 10.7 Å². The molecule has 24 heavy (non-hydrogen) atoms. The Morgan fingerprint density at radius 1 is 1.12 bits per heavy atom. The molecule has 2 aromatic heterocycles. The highest BCUT2D eigenvalue weighted by molar-refractivity contribution is 7.93. The second-order valence-electron chi connectivity index (χ2n) is 5.33. The highest BCUT2D eigenvalue weighted by Gasteiger charge is 2.35. The van der Waals surface area contributed by atoms with Crippen LogP contribution in [-0.2, 0) is 17.9 Å². The van der Waals surface area contributed by atoms with E-state index in [0.29, 0.717) is 18.1 Å². The van der Waals surface area contributed by atoms with Gasteiger partial charge in [0.05, 0.1) is 12.7 Å². The van der Waals surface area contributed by atoms with E-state index in [1.165, 1.54) is 0 Å². The maximum absolute atomic E-state index is 12.6. The molecule has 0 spiro atoms. The number of anilines is 1. The highest BCUT2D eigenvalue weighted by Crippen LogP contribution is 2.33. The molecule has 120 valence electrons. The molecule has 1 aromatic carbocycles. The molecule has 7 heteroatoms. The first-order valence-corrected chi connectivity index (χ1v) is 8.52. The third-order valence-corrected chi connectivity index (χ3v) is 5.13. The molecule has 0 saturated carbocycles. The standard InChI is InChI=1S/C17H14N4O2S/c1-12-6-7-14(10-19-12)23-17-18-9-8-16(20-17)21-11-13-4-2-3-5-15(13)24(21)22/h2-10H,11H2,1H3. The summed E-state index contributed by atoms with van der Waals surface area (Å²) in [5.41, 5.74) is 1.95. The number of ether oxygens (including phenoxy) is 1. The summed E-state index contributed by atoms with van der Waals surface area (Å²) in [5.74, 6) is 1.12. The quantitative estimate of drug-likeness (QED) is 0.684. The van der Waals surface area contributed by atoms with E-state index in [1.54, 1.807) is 22.8 Å². The summed E-state index contributed by atoms with van der Waals surface area (Å²) < 4.78 is 20.0. The molecule has 1 aliphatic rings. The van der Waals surface area contributed by atoms with Gasteiger partial charge in [0.1, 0.15) is 17.1 Å². The van der Waals surface area contributed by atoms with Crippen molar-refractivity contribution < 1.29 is 9.29 Å². The monoisotopic (exact) mass is 338 g/mol. The molecule has 0 fully saturated rings. The van der Waals surface area contributed by atoms with Gasteiger partial charge < -0.3 is 9.29 Å². The van der Waals surface area contributed by atoms with Gasteiger partial charge in [-0.05, 0) is 25.1 Å². The van der Waals surface area contributed by atoms with Crippen molar-refractivity contribution in [3.8, 4) is 11.8 Å². The van der Waals surface area contributed by atoms with Crippen molar-refractivity contribution in [3.63, 3.8) is 0 Å². The number of hydrogen-bond donors (Lipinski definition) is 0. The summed E-state index contributed by atoms with van der Waals surface area (Å²) in [7, 11) is 0. The molecule has 3 heterocycles. The van der Waals surface area contributed by atoms with Crippen molar-refractivity contribution >= 4 is 17.2 Å². The Kier molecular flexibility index (Phi) is 3.79. The summed E-state index contributed by atoms with van der Waals surface area (Å²) in [6, 6.07) is 13.3. The summed E-state index contributed by atoms with van der Waals surface area (Å²) in [6.45, 7) is 2.45. The predicted octanol–water partition coefficient (Wildman–Crippen LogP) is 3.02. The molecule has 0 amide bonds. The molecule has 1 atom stereocenters. The van der Waals surface area contributed by atoms with Crippen LogP contribution in [0.2, 0.25) is 0 Å². The van der Waals surface area contributed by atoms with Gasteiger partial charge in [-0.15, -0.1) is 0 Å². The number of nitrogens with zero attached hydrogens (tertiary/aromatic N) is 4. The minimum atomic E-state index is -1.27. The molecule has 1 aliphatic heterocycles. The van der Waals surface area contributed by atoms with Crippen LogP contribution in [0, 0.1) is 6.92 Å². The molecular formula is C17H14N4O2S. The van der Waals surface area contributed by atoms with Gasteiger partial charge in [-0.25, -0.2) is 4.98 Å². The van der Waals surface area contributed by atoms with Crippen LogP contribution in [0.25, 0.3) is 0 Å². The first-order chi connectivity index (χ1) is 11.7. The van der Waals surface area contributed by atoms with Crippen LogP contribution in [0.4, 0.5) is 5.82 Å². The lowest BCUT2D eigenvalue weighted by Crippen LogP contribution is -2.24. The van der Waals surface area contributed by atoms with Gasteiger partial charge >= 0.3 is 6.01 Å². The van der Waals surface area contributed by atoms with Gasteiger partial charge in [-0.2, -0.15) is 9.29 Å². The van der Waals surface area contributed by atoms with Gasteiger partial charge in [0.2, 0.25) is 0 Å². The number of fused-ring (bicyclic) bond motifs is 1. The summed E-state index contributed by atoms with van der Waals surface area (Å²) >= 11 is -1.27. The second kappa shape index (κ2) is 6.10. The maximum Gasteiger partial charge on any atom is 0.324 e. The lowest BCUT2D eigenvalue weighted by molar-refractivity contribution is 0.440. The SMILES string of the molecule is Cc1ccc(Oc2nccc(N3Cc4ccccc4[S+]3[O-])n2)cn1. The van der Waals surface area contributed by atoms with Crippen LogP contribution in [0.1, 0.15) is 11.3 Å². The average Bonchev–Trinajstić information content (AvgIpc) is 2.95. The molecule has 0 bridgehead atoms. The van der Waals surface area contributed by atoms with Crippen molar-refractivity contribution in [1.82, 2.24) is 15.0 Å². The van der Waals surface area contributed by atoms with Crippen LogP contribution in [-0.4, -0.2) is 19.5 Å². The Bertz CT molecular complexity index is 872. The molecule has 6 nitrogen and oxygen atoms in total. The van der Waals surface area contributed by atoms with Gasteiger partial charge in [0.25, 0.3) is 0 Å². The Balaban J connectivity index is 1.58. The van der Waals surface area contributed by atoms with Gasteiger partial charge in [-0.3, -0.25) is 4.98 Å². The number of pyridine rings is 1. The van der Waals surface area contributed by atoms with Gasteiger partial charge in [-0.1, -0.05) is 18.2 Å². The zero-order valence-electron chi connectivity index (χ0n) is 12.9. The molecule has 3 aromatic rings. The van der Waals surface area contributed by atoms with Crippen LogP contribution in [0.3, 0.4) is 0 Å². The highest BCUT2D eigenvalue weighted by atomic mass is 32.2. The third-order valence-electron chi connectivity index (χ3n) is 3.64. The number of aromatic nitrogens is 3. The van der Waals surface area contributed by atoms with E-state index in [2.05, 4.69) is 15.0 Å². The van der Waals surface area contributed by atoms with Crippen LogP contribution < -0.4 is 9.04 Å². The van der Waals surface area contributed by atoms with E-state index >= 15 is 0 Å². The van der Waals surface area contributed by atoms with Crippen LogP contribution >= 0.6 is 0 Å². The lowest BCUT2D eigenvalue weighted by atomic mass is 10.2. The Hall–Kier alpha value is -2.64. The van der Waals surface area contributed by atoms with E-state index in [9.17, 15) is 4.55 Å². The Labute approximate surface area is 142 Å². The van der Waals surface area contributed by atoms with E-state index in [-0.39, 0.29) is 6.01 Å². The largest absolute Gasteiger partial charge is 0.588 e. The minimum absolute atomic E-state index is 0.200. The van der Waals surface area contributed by atoms with Crippen molar-refractivity contribution in [1.29, 1.82) is 0 Å². The van der Waals surface area contributed by atoms with Crippen molar-refractivity contribution in [2.45, 2.75) is 18.4 Å². The second-order valence-corrected chi connectivity index (χ2v) is 6.71. The van der Waals surface area contributed by atoms with E-state index < -0.39 is 11.4 Å². The molecular weight excluding hydrogens is 324 g/mol. The summed E-state index contributed by atoms with van der Waals surface area (Å²) in [6.07, 6.45) is 3.22. The average molecular weight is 338 g/mol. The zero-order valence-corrected chi connectivity index (χ0v) is 13.7. The molecule has 0 saturated heterocycles. The summed E-state index contributed by atoms with van der Waals surface area (Å²) in [4.78, 5) is 13.5. The first-order valence-electron chi connectivity index (χ1n) is 7.41. The third kappa shape index (κ3) is 2.79. The fraction of sp³-hybridized carbons (Fsp3) is 0.118. The van der Waals surface area contributed by atoms with Crippen LogP contribution in [0.5, 0.6) is 11.8 Å². The van der Waals surface area contributed by atoms with Crippen LogP contribution in [0.15, 0.2) is 59.8 Å². The maximum atomic E-state index is 12.6. The summed E-state index contributed by atoms with van der Waals surface area (Å²) in [5, 5.41) is 0. The Morgan fingerprint density at radius 2 is 2.00 bits per heavy atom.